The molecule has 0 bridgehead atoms. The van der Waals surface area contributed by atoms with E-state index < -0.39 is 5.60 Å². The molecule has 2 rings (SSSR count). The lowest BCUT2D eigenvalue weighted by atomic mass is 9.86. The van der Waals surface area contributed by atoms with Crippen molar-refractivity contribution in [2.75, 3.05) is 20.1 Å². The Hall–Kier alpha value is -1.00. The third kappa shape index (κ3) is 1.76. The third-order valence-electron chi connectivity index (χ3n) is 2.91. The Morgan fingerprint density at radius 1 is 1.29 bits per heavy atom. The number of nitrogens with zero attached hydrogens (tertiary/aromatic N) is 3. The molecule has 2 heterocycles. The van der Waals surface area contributed by atoms with E-state index in [9.17, 15) is 5.11 Å². The maximum absolute atomic E-state index is 10.4. The second-order valence-electron chi connectivity index (χ2n) is 3.96. The Bertz CT molecular complexity index is 293. The molecule has 1 aromatic heterocycles. The summed E-state index contributed by atoms with van der Waals surface area (Å²) in [6, 6.07) is 0. The van der Waals surface area contributed by atoms with Crippen molar-refractivity contribution in [1.29, 1.82) is 0 Å². The molecule has 1 N–H and O–H groups in total. The van der Waals surface area contributed by atoms with Crippen LogP contribution in [-0.4, -0.2) is 40.1 Å². The first-order valence-corrected chi connectivity index (χ1v) is 4.87. The zero-order chi connectivity index (χ0) is 10.0. The van der Waals surface area contributed by atoms with Gasteiger partial charge in [0.05, 0.1) is 5.60 Å². The van der Waals surface area contributed by atoms with Gasteiger partial charge in [-0.25, -0.2) is 9.97 Å². The molecule has 1 aliphatic heterocycles. The van der Waals surface area contributed by atoms with Gasteiger partial charge in [0.1, 0.15) is 6.33 Å². The van der Waals surface area contributed by atoms with E-state index in [-0.39, 0.29) is 0 Å². The van der Waals surface area contributed by atoms with Crippen LogP contribution in [0.1, 0.15) is 18.4 Å². The summed E-state index contributed by atoms with van der Waals surface area (Å²) in [5, 5.41) is 10.4. The highest BCUT2D eigenvalue weighted by Gasteiger charge is 2.33. The van der Waals surface area contributed by atoms with Crippen molar-refractivity contribution in [3.8, 4) is 0 Å². The molecule has 14 heavy (non-hydrogen) atoms. The van der Waals surface area contributed by atoms with Crippen molar-refractivity contribution in [2.24, 2.45) is 0 Å². The molecule has 1 aliphatic rings. The molecule has 1 aromatic rings. The average molecular weight is 193 g/mol. The predicted molar refractivity (Wildman–Crippen MR) is 52.7 cm³/mol. The Balaban J connectivity index is 2.17. The van der Waals surface area contributed by atoms with E-state index in [1.165, 1.54) is 6.33 Å². The van der Waals surface area contributed by atoms with Gasteiger partial charge in [-0.15, -0.1) is 0 Å². The van der Waals surface area contributed by atoms with Gasteiger partial charge in [0.25, 0.3) is 0 Å². The number of piperidine rings is 1. The van der Waals surface area contributed by atoms with Crippen molar-refractivity contribution in [2.45, 2.75) is 18.4 Å². The summed E-state index contributed by atoms with van der Waals surface area (Å²) in [5.41, 5.74) is 0.126. The van der Waals surface area contributed by atoms with Crippen LogP contribution in [0.2, 0.25) is 0 Å². The van der Waals surface area contributed by atoms with Crippen molar-refractivity contribution >= 4 is 0 Å². The van der Waals surface area contributed by atoms with Crippen molar-refractivity contribution in [3.05, 3.63) is 24.3 Å². The molecule has 4 nitrogen and oxygen atoms in total. The van der Waals surface area contributed by atoms with Crippen molar-refractivity contribution in [3.63, 3.8) is 0 Å². The minimum Gasteiger partial charge on any atom is -0.385 e. The van der Waals surface area contributed by atoms with E-state index in [1.54, 1.807) is 12.4 Å². The summed E-state index contributed by atoms with van der Waals surface area (Å²) in [5.74, 6) is 0. The molecule has 1 saturated heterocycles. The zero-order valence-corrected chi connectivity index (χ0v) is 8.35. The number of aliphatic hydroxyl groups is 1. The van der Waals surface area contributed by atoms with E-state index in [2.05, 4.69) is 21.9 Å². The van der Waals surface area contributed by atoms with Gasteiger partial charge >= 0.3 is 0 Å². The van der Waals surface area contributed by atoms with Gasteiger partial charge in [-0.05, 0) is 19.9 Å². The van der Waals surface area contributed by atoms with E-state index in [4.69, 9.17) is 0 Å². The first-order chi connectivity index (χ1) is 6.71. The van der Waals surface area contributed by atoms with E-state index >= 15 is 0 Å². The Morgan fingerprint density at radius 2 is 1.86 bits per heavy atom. The molecule has 0 aromatic carbocycles. The summed E-state index contributed by atoms with van der Waals surface area (Å²) in [6.07, 6.45) is 6.42. The molecular weight excluding hydrogens is 178 g/mol. The van der Waals surface area contributed by atoms with E-state index in [0.29, 0.717) is 0 Å². The molecular formula is C10H15N3O. The Kier molecular flexibility index (Phi) is 2.48. The van der Waals surface area contributed by atoms with Crippen LogP contribution in [0.25, 0.3) is 0 Å². The van der Waals surface area contributed by atoms with Gasteiger partial charge in [-0.2, -0.15) is 0 Å². The molecule has 0 unspecified atom stereocenters. The standard InChI is InChI=1S/C10H15N3O/c1-13-4-2-10(14,3-5-13)9-6-11-8-12-7-9/h6-8,14H,2-5H2,1H3. The fourth-order valence-corrected chi connectivity index (χ4v) is 1.82. The molecule has 4 heteroatoms. The third-order valence-corrected chi connectivity index (χ3v) is 2.91. The molecule has 76 valence electrons. The van der Waals surface area contributed by atoms with Crippen LogP contribution >= 0.6 is 0 Å². The number of rotatable bonds is 1. The van der Waals surface area contributed by atoms with Gasteiger partial charge in [-0.3, -0.25) is 0 Å². The Morgan fingerprint density at radius 3 is 2.43 bits per heavy atom. The fraction of sp³-hybridized carbons (Fsp3) is 0.600. The van der Waals surface area contributed by atoms with Gasteiger partial charge in [-0.1, -0.05) is 0 Å². The molecule has 0 radical (unpaired) electrons. The van der Waals surface area contributed by atoms with Crippen molar-refractivity contribution in [1.82, 2.24) is 14.9 Å². The quantitative estimate of drug-likeness (QED) is 0.701. The topological polar surface area (TPSA) is 49.2 Å². The van der Waals surface area contributed by atoms with Crippen LogP contribution in [0, 0.1) is 0 Å². The number of aromatic nitrogens is 2. The molecule has 1 fully saturated rings. The first kappa shape index (κ1) is 9.55. The van der Waals surface area contributed by atoms with Crippen LogP contribution in [0.5, 0.6) is 0 Å². The second-order valence-corrected chi connectivity index (χ2v) is 3.96. The zero-order valence-electron chi connectivity index (χ0n) is 8.35. The number of likely N-dealkylation sites (tertiary alicyclic amines) is 1. The van der Waals surface area contributed by atoms with Crippen LogP contribution < -0.4 is 0 Å². The van der Waals surface area contributed by atoms with E-state index in [1.807, 2.05) is 0 Å². The maximum atomic E-state index is 10.4. The number of hydrogen-bond donors (Lipinski definition) is 1. The molecule has 0 saturated carbocycles. The summed E-state index contributed by atoms with van der Waals surface area (Å²) in [7, 11) is 2.07. The summed E-state index contributed by atoms with van der Waals surface area (Å²) in [6.45, 7) is 1.84. The van der Waals surface area contributed by atoms with Gasteiger partial charge in [0.2, 0.25) is 0 Å². The van der Waals surface area contributed by atoms with Crippen molar-refractivity contribution < 1.29 is 5.11 Å². The number of hydrogen-bond acceptors (Lipinski definition) is 4. The maximum Gasteiger partial charge on any atom is 0.115 e. The normalized spacial score (nSPS) is 22.1. The second kappa shape index (κ2) is 3.63. The molecule has 0 atom stereocenters. The molecule has 0 aliphatic carbocycles. The van der Waals surface area contributed by atoms with Crippen LogP contribution in [-0.2, 0) is 5.60 Å². The highest BCUT2D eigenvalue weighted by molar-refractivity contribution is 5.15. The minimum absolute atomic E-state index is 0.715. The lowest BCUT2D eigenvalue weighted by Crippen LogP contribution is -2.40. The smallest absolute Gasteiger partial charge is 0.115 e. The lowest BCUT2D eigenvalue weighted by molar-refractivity contribution is -0.0208. The SMILES string of the molecule is CN1CCC(O)(c2cncnc2)CC1. The monoisotopic (exact) mass is 193 g/mol. The minimum atomic E-state index is -0.715. The summed E-state index contributed by atoms with van der Waals surface area (Å²) >= 11 is 0. The van der Waals surface area contributed by atoms with Gasteiger partial charge in [0, 0.05) is 31.0 Å². The van der Waals surface area contributed by atoms with Crippen LogP contribution in [0.15, 0.2) is 18.7 Å². The molecule has 0 amide bonds. The summed E-state index contributed by atoms with van der Waals surface area (Å²) < 4.78 is 0. The lowest BCUT2D eigenvalue weighted by Gasteiger charge is -2.36. The first-order valence-electron chi connectivity index (χ1n) is 4.87. The predicted octanol–water partition coefficient (Wildman–Crippen LogP) is 0.390. The highest BCUT2D eigenvalue weighted by atomic mass is 16.3. The summed E-state index contributed by atoms with van der Waals surface area (Å²) in [4.78, 5) is 10.1. The Labute approximate surface area is 83.6 Å². The molecule has 0 spiro atoms. The van der Waals surface area contributed by atoms with Gasteiger partial charge < -0.3 is 10.0 Å². The largest absolute Gasteiger partial charge is 0.385 e. The fourth-order valence-electron chi connectivity index (χ4n) is 1.82. The van der Waals surface area contributed by atoms with Crippen LogP contribution in [0.4, 0.5) is 0 Å². The van der Waals surface area contributed by atoms with Crippen LogP contribution in [0.3, 0.4) is 0 Å². The van der Waals surface area contributed by atoms with E-state index in [0.717, 1.165) is 31.5 Å². The average Bonchev–Trinajstić information content (AvgIpc) is 2.24. The highest BCUT2D eigenvalue weighted by Crippen LogP contribution is 2.31. The van der Waals surface area contributed by atoms with Gasteiger partial charge in [0.15, 0.2) is 0 Å².